The zero-order chi connectivity index (χ0) is 18.7. The highest BCUT2D eigenvalue weighted by atomic mass is 32.2. The second-order valence-corrected chi connectivity index (χ2v) is 8.14. The van der Waals surface area contributed by atoms with E-state index in [1.54, 1.807) is 0 Å². The van der Waals surface area contributed by atoms with Crippen LogP contribution in [0.4, 0.5) is 0 Å². The Morgan fingerprint density at radius 3 is 2.60 bits per heavy atom. The summed E-state index contributed by atoms with van der Waals surface area (Å²) in [5.74, 6) is -0.455. The van der Waals surface area contributed by atoms with Gasteiger partial charge in [0.2, 0.25) is 23.6 Å². The van der Waals surface area contributed by atoms with Crippen molar-refractivity contribution in [2.24, 2.45) is 17.6 Å². The summed E-state index contributed by atoms with van der Waals surface area (Å²) >= 11 is 1.46. The van der Waals surface area contributed by atoms with E-state index < -0.39 is 24.0 Å². The van der Waals surface area contributed by atoms with Crippen molar-refractivity contribution in [3.8, 4) is 0 Å². The summed E-state index contributed by atoms with van der Waals surface area (Å²) in [6, 6.07) is -2.01. The molecular weight excluding hydrogens is 344 g/mol. The molecular formula is C16H26N4O4S. The molecule has 2 saturated heterocycles. The highest BCUT2D eigenvalue weighted by molar-refractivity contribution is 7.99. The number of amides is 4. The summed E-state index contributed by atoms with van der Waals surface area (Å²) < 4.78 is 0. The molecule has 9 heteroatoms. The van der Waals surface area contributed by atoms with Gasteiger partial charge in [-0.2, -0.15) is 0 Å². The molecule has 0 aromatic carbocycles. The molecule has 2 heterocycles. The number of nitrogens with two attached hydrogens (primary N) is 1. The number of thioether (sulfide) groups is 1. The average molecular weight is 370 g/mol. The van der Waals surface area contributed by atoms with Crippen LogP contribution in [0.5, 0.6) is 0 Å². The molecule has 0 aromatic rings. The second kappa shape index (κ2) is 8.07. The summed E-state index contributed by atoms with van der Waals surface area (Å²) in [5, 5.41) is 5.41. The van der Waals surface area contributed by atoms with Crippen LogP contribution in [0, 0.1) is 11.8 Å². The standard InChI is InChI=1S/C16H26N4O4S/c1-8(2)4-10(16(24)20-7-25-6-11(20)14(17)22)18-15(23)13-9(3)5-12(21)19-13/h8-11,13H,4-7H2,1-3H3,(H2,17,22)(H,18,23)(H,19,21)/t9?,10-,11?,13-/m0/s1. The zero-order valence-corrected chi connectivity index (χ0v) is 15.6. The van der Waals surface area contributed by atoms with E-state index >= 15 is 0 Å². The number of carbonyl (C=O) groups is 4. The van der Waals surface area contributed by atoms with Crippen molar-refractivity contribution >= 4 is 35.4 Å². The molecule has 2 unspecified atom stereocenters. The summed E-state index contributed by atoms with van der Waals surface area (Å²) in [6.45, 7) is 5.73. The van der Waals surface area contributed by atoms with E-state index in [2.05, 4.69) is 10.6 Å². The zero-order valence-electron chi connectivity index (χ0n) is 14.8. The topological polar surface area (TPSA) is 122 Å². The van der Waals surface area contributed by atoms with Crippen molar-refractivity contribution < 1.29 is 19.2 Å². The summed E-state index contributed by atoms with van der Waals surface area (Å²) in [6.07, 6.45) is 0.750. The van der Waals surface area contributed by atoms with Gasteiger partial charge in [-0.15, -0.1) is 11.8 Å². The number of rotatable bonds is 6. The molecule has 0 saturated carbocycles. The molecule has 2 aliphatic rings. The third kappa shape index (κ3) is 4.65. The molecule has 8 nitrogen and oxygen atoms in total. The average Bonchev–Trinajstić information content (AvgIpc) is 3.11. The number of nitrogens with one attached hydrogen (secondary N) is 2. The fourth-order valence-electron chi connectivity index (χ4n) is 3.16. The van der Waals surface area contributed by atoms with Crippen LogP contribution in [0.15, 0.2) is 0 Å². The highest BCUT2D eigenvalue weighted by Gasteiger charge is 2.40. The van der Waals surface area contributed by atoms with Gasteiger partial charge in [-0.05, 0) is 18.3 Å². The predicted molar refractivity (Wildman–Crippen MR) is 94.3 cm³/mol. The first kappa shape index (κ1) is 19.6. The third-order valence-corrected chi connectivity index (χ3v) is 5.50. The first-order valence-electron chi connectivity index (χ1n) is 8.48. The van der Waals surface area contributed by atoms with Crippen LogP contribution in [0.2, 0.25) is 0 Å². The highest BCUT2D eigenvalue weighted by Crippen LogP contribution is 2.23. The number of hydrogen-bond donors (Lipinski definition) is 3. The maximum absolute atomic E-state index is 12.9. The summed E-state index contributed by atoms with van der Waals surface area (Å²) in [4.78, 5) is 49.9. The van der Waals surface area contributed by atoms with Crippen molar-refractivity contribution in [3.05, 3.63) is 0 Å². The fraction of sp³-hybridized carbons (Fsp3) is 0.750. The van der Waals surface area contributed by atoms with Crippen molar-refractivity contribution in [2.75, 3.05) is 11.6 Å². The van der Waals surface area contributed by atoms with Gasteiger partial charge < -0.3 is 21.3 Å². The van der Waals surface area contributed by atoms with Crippen LogP contribution in [0.3, 0.4) is 0 Å². The molecule has 2 fully saturated rings. The molecule has 4 N–H and O–H groups in total. The first-order chi connectivity index (χ1) is 11.7. The minimum atomic E-state index is -0.738. The molecule has 0 spiro atoms. The van der Waals surface area contributed by atoms with E-state index in [1.165, 1.54) is 16.7 Å². The van der Waals surface area contributed by atoms with Gasteiger partial charge in [0.05, 0.1) is 5.88 Å². The molecule has 0 aliphatic carbocycles. The minimum Gasteiger partial charge on any atom is -0.368 e. The van der Waals surface area contributed by atoms with Crippen LogP contribution in [0.1, 0.15) is 33.6 Å². The molecule has 4 amide bonds. The first-order valence-corrected chi connectivity index (χ1v) is 9.63. The molecule has 0 radical (unpaired) electrons. The third-order valence-electron chi connectivity index (χ3n) is 4.49. The lowest BCUT2D eigenvalue weighted by Crippen LogP contribution is -2.56. The van der Waals surface area contributed by atoms with E-state index in [0.29, 0.717) is 24.5 Å². The minimum absolute atomic E-state index is 0.122. The molecule has 25 heavy (non-hydrogen) atoms. The van der Waals surface area contributed by atoms with Crippen LogP contribution in [-0.2, 0) is 19.2 Å². The molecule has 2 aliphatic heterocycles. The quantitative estimate of drug-likeness (QED) is 0.578. The maximum atomic E-state index is 12.9. The monoisotopic (exact) mass is 370 g/mol. The van der Waals surface area contributed by atoms with Crippen LogP contribution >= 0.6 is 11.8 Å². The summed E-state index contributed by atoms with van der Waals surface area (Å²) in [7, 11) is 0. The van der Waals surface area contributed by atoms with E-state index in [9.17, 15) is 19.2 Å². The largest absolute Gasteiger partial charge is 0.368 e. The number of primary amides is 1. The Balaban J connectivity index is 2.10. The summed E-state index contributed by atoms with van der Waals surface area (Å²) in [5.41, 5.74) is 5.38. The molecule has 140 valence electrons. The Labute approximate surface area is 151 Å². The van der Waals surface area contributed by atoms with Crippen molar-refractivity contribution in [1.29, 1.82) is 0 Å². The second-order valence-electron chi connectivity index (χ2n) is 7.14. The van der Waals surface area contributed by atoms with Gasteiger partial charge in [-0.25, -0.2) is 0 Å². The molecule has 0 aromatic heterocycles. The van der Waals surface area contributed by atoms with Crippen molar-refractivity contribution in [2.45, 2.75) is 51.7 Å². The van der Waals surface area contributed by atoms with Crippen molar-refractivity contribution in [1.82, 2.24) is 15.5 Å². The molecule has 2 rings (SSSR count). The van der Waals surface area contributed by atoms with Crippen LogP contribution in [0.25, 0.3) is 0 Å². The van der Waals surface area contributed by atoms with Gasteiger partial charge in [-0.1, -0.05) is 20.8 Å². The Hall–Kier alpha value is -1.77. The van der Waals surface area contributed by atoms with Crippen LogP contribution in [-0.4, -0.2) is 58.3 Å². The Morgan fingerprint density at radius 1 is 1.40 bits per heavy atom. The lowest BCUT2D eigenvalue weighted by atomic mass is 9.99. The lowest BCUT2D eigenvalue weighted by molar-refractivity contribution is -0.141. The fourth-order valence-corrected chi connectivity index (χ4v) is 4.34. The van der Waals surface area contributed by atoms with E-state index in [4.69, 9.17) is 5.73 Å². The van der Waals surface area contributed by atoms with E-state index in [0.717, 1.165) is 0 Å². The predicted octanol–water partition coefficient (Wildman–Crippen LogP) is -0.571. The van der Waals surface area contributed by atoms with E-state index in [-0.39, 0.29) is 29.6 Å². The van der Waals surface area contributed by atoms with Gasteiger partial charge in [-0.3, -0.25) is 19.2 Å². The van der Waals surface area contributed by atoms with Gasteiger partial charge in [0.1, 0.15) is 18.1 Å². The van der Waals surface area contributed by atoms with Gasteiger partial charge >= 0.3 is 0 Å². The Bertz CT molecular complexity index is 568. The smallest absolute Gasteiger partial charge is 0.246 e. The number of hydrogen-bond acceptors (Lipinski definition) is 5. The van der Waals surface area contributed by atoms with E-state index in [1.807, 2.05) is 20.8 Å². The molecule has 0 bridgehead atoms. The maximum Gasteiger partial charge on any atom is 0.246 e. The Kier molecular flexibility index (Phi) is 6.31. The van der Waals surface area contributed by atoms with Crippen LogP contribution < -0.4 is 16.4 Å². The normalized spacial score (nSPS) is 27.3. The number of nitrogens with zero attached hydrogens (tertiary/aromatic N) is 1. The van der Waals surface area contributed by atoms with Gasteiger partial charge in [0, 0.05) is 12.2 Å². The Morgan fingerprint density at radius 2 is 2.08 bits per heavy atom. The SMILES string of the molecule is CC(C)C[C@H](NC(=O)[C@H]1NC(=O)CC1C)C(=O)N1CSCC1C(N)=O. The molecule has 4 atom stereocenters. The lowest BCUT2D eigenvalue weighted by Gasteiger charge is -2.29. The number of carbonyl (C=O) groups excluding carboxylic acids is 4. The van der Waals surface area contributed by atoms with Gasteiger partial charge in [0.25, 0.3) is 0 Å². The van der Waals surface area contributed by atoms with Crippen molar-refractivity contribution in [3.63, 3.8) is 0 Å². The van der Waals surface area contributed by atoms with Gasteiger partial charge in [0.15, 0.2) is 0 Å².